The van der Waals surface area contributed by atoms with Crippen molar-refractivity contribution in [2.24, 2.45) is 0 Å². The number of hydrogen-bond acceptors (Lipinski definition) is 2. The van der Waals surface area contributed by atoms with E-state index in [0.717, 1.165) is 38.0 Å². The Morgan fingerprint density at radius 3 is 2.33 bits per heavy atom. The molecule has 0 unspecified atom stereocenters. The van der Waals surface area contributed by atoms with Crippen molar-refractivity contribution in [1.82, 2.24) is 5.32 Å². The Hall–Kier alpha value is -1.85. The second kappa shape index (κ2) is 12.0. The molecule has 182 valence electrons. The highest BCUT2D eigenvalue weighted by Gasteiger charge is 2.26. The highest BCUT2D eigenvalue weighted by Crippen LogP contribution is 2.38. The number of rotatable bonds is 11. The van der Waals surface area contributed by atoms with E-state index in [1.165, 1.54) is 23.3 Å². The summed E-state index contributed by atoms with van der Waals surface area (Å²) < 4.78 is 19.5. The molecule has 2 aromatic carbocycles. The Labute approximate surface area is 209 Å². The first-order valence-corrected chi connectivity index (χ1v) is 12.6. The summed E-state index contributed by atoms with van der Waals surface area (Å²) in [7, 11) is 0. The number of nitrogens with one attached hydrogen (secondary N) is 2. The zero-order valence-corrected chi connectivity index (χ0v) is 22.4. The molecule has 0 radical (unpaired) electrons. The number of hydrogen-bond donors (Lipinski definition) is 2. The van der Waals surface area contributed by atoms with Gasteiger partial charge in [0.2, 0.25) is 0 Å². The standard InChI is InChI=1S/C27H38ClFN2OS/c1-7-26(3,4)19-11-14-24(21(17-19)27(5,6)8-2)32-16-10-9-15-30-25(33)31-20-12-13-23(29)22(28)18-20/h11-14,17-18H,7-10,15-16H2,1-6H3,(H2,30,31,33). The maximum absolute atomic E-state index is 13.3. The predicted molar refractivity (Wildman–Crippen MR) is 143 cm³/mol. The molecule has 0 aliphatic rings. The first-order chi connectivity index (χ1) is 15.5. The average molecular weight is 493 g/mol. The Balaban J connectivity index is 1.85. The molecule has 0 bridgehead atoms. The summed E-state index contributed by atoms with van der Waals surface area (Å²) in [6, 6.07) is 11.1. The molecule has 2 aromatic rings. The highest BCUT2D eigenvalue weighted by molar-refractivity contribution is 7.80. The Bertz CT molecular complexity index is 946. The van der Waals surface area contributed by atoms with Gasteiger partial charge in [-0.15, -0.1) is 0 Å². The van der Waals surface area contributed by atoms with Gasteiger partial charge in [0.25, 0.3) is 0 Å². The van der Waals surface area contributed by atoms with Crippen LogP contribution in [0.5, 0.6) is 5.75 Å². The van der Waals surface area contributed by atoms with Crippen LogP contribution in [0.4, 0.5) is 10.1 Å². The van der Waals surface area contributed by atoms with E-state index in [2.05, 4.69) is 70.4 Å². The lowest BCUT2D eigenvalue weighted by atomic mass is 9.76. The third-order valence-corrected chi connectivity index (χ3v) is 7.09. The maximum Gasteiger partial charge on any atom is 0.170 e. The van der Waals surface area contributed by atoms with Gasteiger partial charge in [-0.1, -0.05) is 65.3 Å². The van der Waals surface area contributed by atoms with Gasteiger partial charge in [-0.2, -0.15) is 0 Å². The summed E-state index contributed by atoms with van der Waals surface area (Å²) in [5, 5.41) is 6.74. The average Bonchev–Trinajstić information content (AvgIpc) is 2.78. The van der Waals surface area contributed by atoms with Gasteiger partial charge in [0.1, 0.15) is 11.6 Å². The lowest BCUT2D eigenvalue weighted by Gasteiger charge is -2.30. The van der Waals surface area contributed by atoms with E-state index in [1.807, 2.05) is 0 Å². The summed E-state index contributed by atoms with van der Waals surface area (Å²) >= 11 is 11.1. The number of ether oxygens (including phenoxy) is 1. The van der Waals surface area contributed by atoms with E-state index in [1.54, 1.807) is 6.07 Å². The van der Waals surface area contributed by atoms with E-state index in [-0.39, 0.29) is 15.9 Å². The number of unbranched alkanes of at least 4 members (excludes halogenated alkanes) is 1. The van der Waals surface area contributed by atoms with Crippen LogP contribution in [-0.2, 0) is 10.8 Å². The molecule has 0 atom stereocenters. The zero-order valence-electron chi connectivity index (χ0n) is 20.8. The molecule has 3 nitrogen and oxygen atoms in total. The maximum atomic E-state index is 13.3. The minimum Gasteiger partial charge on any atom is -0.493 e. The third-order valence-electron chi connectivity index (χ3n) is 6.55. The minimum atomic E-state index is -0.449. The first kappa shape index (κ1) is 27.4. The zero-order chi connectivity index (χ0) is 24.6. The summed E-state index contributed by atoms with van der Waals surface area (Å²) in [5.41, 5.74) is 3.50. The quantitative estimate of drug-likeness (QED) is 0.246. The third kappa shape index (κ3) is 7.86. The lowest BCUT2D eigenvalue weighted by Crippen LogP contribution is -2.29. The highest BCUT2D eigenvalue weighted by atomic mass is 35.5. The van der Waals surface area contributed by atoms with Crippen molar-refractivity contribution in [3.05, 3.63) is 58.4 Å². The van der Waals surface area contributed by atoms with E-state index in [9.17, 15) is 4.39 Å². The molecular weight excluding hydrogens is 455 g/mol. The number of halogens is 2. The molecule has 6 heteroatoms. The Morgan fingerprint density at radius 2 is 1.70 bits per heavy atom. The largest absolute Gasteiger partial charge is 0.493 e. The van der Waals surface area contributed by atoms with Gasteiger partial charge in [-0.3, -0.25) is 0 Å². The summed E-state index contributed by atoms with van der Waals surface area (Å²) in [6.07, 6.45) is 3.97. The molecule has 0 fully saturated rings. The van der Waals surface area contributed by atoms with Crippen molar-refractivity contribution >= 4 is 34.6 Å². The van der Waals surface area contributed by atoms with Crippen molar-refractivity contribution in [2.75, 3.05) is 18.5 Å². The van der Waals surface area contributed by atoms with E-state index < -0.39 is 5.82 Å². The van der Waals surface area contributed by atoms with Crippen LogP contribution in [-0.4, -0.2) is 18.3 Å². The van der Waals surface area contributed by atoms with Crippen LogP contribution in [0.15, 0.2) is 36.4 Å². The van der Waals surface area contributed by atoms with Crippen molar-refractivity contribution in [1.29, 1.82) is 0 Å². The van der Waals surface area contributed by atoms with Gasteiger partial charge in [-0.25, -0.2) is 4.39 Å². The number of benzene rings is 2. The first-order valence-electron chi connectivity index (χ1n) is 11.8. The van der Waals surface area contributed by atoms with Gasteiger partial charge in [0.05, 0.1) is 11.6 Å². The number of thiocarbonyl (C=S) groups is 1. The van der Waals surface area contributed by atoms with Gasteiger partial charge >= 0.3 is 0 Å². The van der Waals surface area contributed by atoms with Crippen molar-refractivity contribution < 1.29 is 9.13 Å². The van der Waals surface area contributed by atoms with Crippen molar-refractivity contribution in [2.45, 2.75) is 78.1 Å². The SMILES string of the molecule is CCC(C)(C)c1ccc(OCCCCNC(=S)Nc2ccc(F)c(Cl)c2)c(C(C)(C)CC)c1. The normalized spacial score (nSPS) is 11.9. The topological polar surface area (TPSA) is 33.3 Å². The molecule has 33 heavy (non-hydrogen) atoms. The molecule has 0 aliphatic carbocycles. The van der Waals surface area contributed by atoms with Crippen LogP contribution < -0.4 is 15.4 Å². The van der Waals surface area contributed by atoms with Crippen LogP contribution in [0.1, 0.15) is 78.4 Å². The Kier molecular flexibility index (Phi) is 9.99. The molecule has 0 aliphatic heterocycles. The number of anilines is 1. The summed E-state index contributed by atoms with van der Waals surface area (Å²) in [4.78, 5) is 0. The van der Waals surface area contributed by atoms with Crippen molar-refractivity contribution in [3.8, 4) is 5.75 Å². The molecule has 0 heterocycles. The summed E-state index contributed by atoms with van der Waals surface area (Å²) in [6.45, 7) is 15.0. The fraction of sp³-hybridized carbons (Fsp3) is 0.519. The molecule has 0 saturated carbocycles. The smallest absolute Gasteiger partial charge is 0.170 e. The van der Waals surface area contributed by atoms with Gasteiger partial charge in [-0.05, 0) is 78.6 Å². The fourth-order valence-corrected chi connectivity index (χ4v) is 3.76. The molecule has 0 spiro atoms. The lowest BCUT2D eigenvalue weighted by molar-refractivity contribution is 0.296. The van der Waals surface area contributed by atoms with Crippen LogP contribution in [0.25, 0.3) is 0 Å². The summed E-state index contributed by atoms with van der Waals surface area (Å²) in [5.74, 6) is 0.533. The van der Waals surface area contributed by atoms with Crippen LogP contribution in [0.2, 0.25) is 5.02 Å². The van der Waals surface area contributed by atoms with Crippen molar-refractivity contribution in [3.63, 3.8) is 0 Å². The molecule has 2 rings (SSSR count). The van der Waals surface area contributed by atoms with Crippen LogP contribution >= 0.6 is 23.8 Å². The second-order valence-electron chi connectivity index (χ2n) is 9.75. The van der Waals surface area contributed by atoms with Gasteiger partial charge < -0.3 is 15.4 Å². The second-order valence-corrected chi connectivity index (χ2v) is 10.6. The molecular formula is C27H38ClFN2OS. The van der Waals surface area contributed by atoms with E-state index >= 15 is 0 Å². The Morgan fingerprint density at radius 1 is 1.00 bits per heavy atom. The predicted octanol–water partition coefficient (Wildman–Crippen LogP) is 8.00. The molecule has 0 amide bonds. The molecule has 2 N–H and O–H groups in total. The van der Waals surface area contributed by atoms with Crippen LogP contribution in [0.3, 0.4) is 0 Å². The molecule has 0 saturated heterocycles. The van der Waals surface area contributed by atoms with Crippen LogP contribution in [0, 0.1) is 5.82 Å². The van der Waals surface area contributed by atoms with E-state index in [4.69, 9.17) is 28.6 Å². The van der Waals surface area contributed by atoms with E-state index in [0.29, 0.717) is 17.4 Å². The van der Waals surface area contributed by atoms with Gasteiger partial charge in [0, 0.05) is 17.8 Å². The monoisotopic (exact) mass is 492 g/mol. The van der Waals surface area contributed by atoms with Gasteiger partial charge in [0.15, 0.2) is 5.11 Å². The minimum absolute atomic E-state index is 0.0534. The fourth-order valence-electron chi connectivity index (χ4n) is 3.36. The molecule has 0 aromatic heterocycles.